The lowest BCUT2D eigenvalue weighted by Crippen LogP contribution is -2.44. The van der Waals surface area contributed by atoms with Crippen molar-refractivity contribution in [2.45, 2.75) is 53.5 Å². The number of hydrogen-bond donors (Lipinski definition) is 2. The van der Waals surface area contributed by atoms with Crippen LogP contribution in [-0.4, -0.2) is 6.04 Å². The Bertz CT molecular complexity index is 113. The highest BCUT2D eigenvalue weighted by Gasteiger charge is 2.22. The summed E-state index contributed by atoms with van der Waals surface area (Å²) in [4.78, 5) is 0. The van der Waals surface area contributed by atoms with E-state index in [2.05, 4.69) is 40.0 Å². The summed E-state index contributed by atoms with van der Waals surface area (Å²) in [6, 6.07) is 0.430. The van der Waals surface area contributed by atoms with Crippen LogP contribution in [0.2, 0.25) is 0 Å². The summed E-state index contributed by atoms with van der Waals surface area (Å²) < 4.78 is 0. The number of hydrogen-bond acceptors (Lipinski definition) is 2. The molecule has 0 aliphatic heterocycles. The molecule has 0 spiro atoms. The van der Waals surface area contributed by atoms with E-state index in [1.807, 2.05) is 0 Å². The summed E-state index contributed by atoms with van der Waals surface area (Å²) >= 11 is 0. The smallest absolute Gasteiger partial charge is 0.0259 e. The molecule has 0 bridgehead atoms. The molecule has 0 aliphatic carbocycles. The highest BCUT2D eigenvalue weighted by atomic mass is 15.2. The third-order valence-electron chi connectivity index (χ3n) is 2.28. The topological polar surface area (TPSA) is 38.0 Å². The van der Waals surface area contributed by atoms with Gasteiger partial charge in [-0.2, -0.15) is 0 Å². The molecule has 74 valence electrons. The van der Waals surface area contributed by atoms with Gasteiger partial charge >= 0.3 is 0 Å². The minimum Gasteiger partial charge on any atom is -0.271 e. The minimum absolute atomic E-state index is 0.268. The maximum atomic E-state index is 5.50. The fourth-order valence-corrected chi connectivity index (χ4v) is 1.27. The first-order chi connectivity index (χ1) is 5.38. The second-order valence-corrected chi connectivity index (χ2v) is 5.06. The van der Waals surface area contributed by atoms with Gasteiger partial charge < -0.3 is 0 Å². The molecule has 2 nitrogen and oxygen atoms in total. The molecular weight excluding hydrogens is 148 g/mol. The second kappa shape index (κ2) is 4.83. The Balaban J connectivity index is 3.84. The highest BCUT2D eigenvalue weighted by Crippen LogP contribution is 2.23. The zero-order chi connectivity index (χ0) is 9.78. The van der Waals surface area contributed by atoms with Crippen LogP contribution < -0.4 is 11.3 Å². The van der Waals surface area contributed by atoms with Gasteiger partial charge in [0.25, 0.3) is 0 Å². The van der Waals surface area contributed by atoms with Crippen LogP contribution in [0.4, 0.5) is 0 Å². The molecule has 0 amide bonds. The molecule has 0 rings (SSSR count). The largest absolute Gasteiger partial charge is 0.271 e. The van der Waals surface area contributed by atoms with E-state index in [-0.39, 0.29) is 5.41 Å². The molecule has 0 aromatic heterocycles. The van der Waals surface area contributed by atoms with Crippen LogP contribution in [0, 0.1) is 11.3 Å². The van der Waals surface area contributed by atoms with Gasteiger partial charge in [0.05, 0.1) is 0 Å². The SMILES string of the molecule is CC(C)CCC(NN)C(C)(C)C. The molecule has 2 heteroatoms. The summed E-state index contributed by atoms with van der Waals surface area (Å²) in [7, 11) is 0. The van der Waals surface area contributed by atoms with E-state index in [4.69, 9.17) is 5.84 Å². The first-order valence-corrected chi connectivity index (χ1v) is 4.84. The summed E-state index contributed by atoms with van der Waals surface area (Å²) in [5, 5.41) is 0. The summed E-state index contributed by atoms with van der Waals surface area (Å²) in [5.74, 6) is 6.26. The molecule has 1 atom stereocenters. The van der Waals surface area contributed by atoms with E-state index in [0.29, 0.717) is 6.04 Å². The molecule has 12 heavy (non-hydrogen) atoms. The molecular formula is C10H24N2. The van der Waals surface area contributed by atoms with Crippen molar-refractivity contribution in [3.8, 4) is 0 Å². The van der Waals surface area contributed by atoms with Crippen molar-refractivity contribution in [3.05, 3.63) is 0 Å². The molecule has 0 fully saturated rings. The number of rotatable bonds is 4. The first-order valence-electron chi connectivity index (χ1n) is 4.84. The van der Waals surface area contributed by atoms with Crippen molar-refractivity contribution in [1.82, 2.24) is 5.43 Å². The van der Waals surface area contributed by atoms with E-state index >= 15 is 0 Å². The fourth-order valence-electron chi connectivity index (χ4n) is 1.27. The standard InChI is InChI=1S/C10H24N2/c1-8(2)6-7-9(12-11)10(3,4)5/h8-9,12H,6-7,11H2,1-5H3. The van der Waals surface area contributed by atoms with Crippen molar-refractivity contribution >= 4 is 0 Å². The maximum absolute atomic E-state index is 5.50. The molecule has 0 aliphatic rings. The third kappa shape index (κ3) is 4.73. The average molecular weight is 172 g/mol. The van der Waals surface area contributed by atoms with Crippen molar-refractivity contribution < 1.29 is 0 Å². The number of nitrogens with two attached hydrogens (primary N) is 1. The summed E-state index contributed by atoms with van der Waals surface area (Å²) in [5.41, 5.74) is 3.16. The van der Waals surface area contributed by atoms with Crippen molar-refractivity contribution in [2.24, 2.45) is 17.2 Å². The second-order valence-electron chi connectivity index (χ2n) is 5.06. The molecule has 0 radical (unpaired) electrons. The van der Waals surface area contributed by atoms with Gasteiger partial charge in [-0.15, -0.1) is 0 Å². The molecule has 0 heterocycles. The highest BCUT2D eigenvalue weighted by molar-refractivity contribution is 4.78. The Hall–Kier alpha value is -0.0800. The molecule has 1 unspecified atom stereocenters. The van der Waals surface area contributed by atoms with Gasteiger partial charge in [-0.3, -0.25) is 11.3 Å². The zero-order valence-electron chi connectivity index (χ0n) is 9.15. The Kier molecular flexibility index (Phi) is 4.80. The zero-order valence-corrected chi connectivity index (χ0v) is 9.15. The van der Waals surface area contributed by atoms with E-state index in [1.54, 1.807) is 0 Å². The van der Waals surface area contributed by atoms with Crippen molar-refractivity contribution in [2.75, 3.05) is 0 Å². The Morgan fingerprint density at radius 1 is 1.17 bits per heavy atom. The quantitative estimate of drug-likeness (QED) is 0.504. The molecule has 0 saturated carbocycles. The number of hydrazine groups is 1. The van der Waals surface area contributed by atoms with E-state index in [9.17, 15) is 0 Å². The Labute approximate surface area is 76.9 Å². The maximum Gasteiger partial charge on any atom is 0.0259 e. The summed E-state index contributed by atoms with van der Waals surface area (Å²) in [6.07, 6.45) is 2.41. The molecule has 3 N–H and O–H groups in total. The van der Waals surface area contributed by atoms with E-state index < -0.39 is 0 Å². The van der Waals surface area contributed by atoms with Gasteiger partial charge in [-0.1, -0.05) is 34.6 Å². The van der Waals surface area contributed by atoms with E-state index in [0.717, 1.165) is 12.3 Å². The van der Waals surface area contributed by atoms with Crippen LogP contribution >= 0.6 is 0 Å². The minimum atomic E-state index is 0.268. The van der Waals surface area contributed by atoms with Crippen LogP contribution in [-0.2, 0) is 0 Å². The van der Waals surface area contributed by atoms with Crippen LogP contribution in [0.5, 0.6) is 0 Å². The van der Waals surface area contributed by atoms with Gasteiger partial charge in [0.2, 0.25) is 0 Å². The van der Waals surface area contributed by atoms with E-state index in [1.165, 1.54) is 6.42 Å². The van der Waals surface area contributed by atoms with Crippen LogP contribution in [0.25, 0.3) is 0 Å². The normalized spacial score (nSPS) is 15.2. The van der Waals surface area contributed by atoms with Gasteiger partial charge in [-0.25, -0.2) is 0 Å². The fraction of sp³-hybridized carbons (Fsp3) is 1.00. The van der Waals surface area contributed by atoms with Gasteiger partial charge in [0, 0.05) is 6.04 Å². The van der Waals surface area contributed by atoms with Gasteiger partial charge in [0.1, 0.15) is 0 Å². The van der Waals surface area contributed by atoms with Crippen molar-refractivity contribution in [1.29, 1.82) is 0 Å². The van der Waals surface area contributed by atoms with Gasteiger partial charge in [0.15, 0.2) is 0 Å². The first kappa shape index (κ1) is 11.9. The lowest BCUT2D eigenvalue weighted by atomic mass is 9.83. The van der Waals surface area contributed by atoms with Gasteiger partial charge in [-0.05, 0) is 24.2 Å². The van der Waals surface area contributed by atoms with Crippen LogP contribution in [0.3, 0.4) is 0 Å². The van der Waals surface area contributed by atoms with Crippen molar-refractivity contribution in [3.63, 3.8) is 0 Å². The van der Waals surface area contributed by atoms with Crippen LogP contribution in [0.15, 0.2) is 0 Å². The Morgan fingerprint density at radius 3 is 1.92 bits per heavy atom. The molecule has 0 saturated heterocycles. The Morgan fingerprint density at radius 2 is 1.67 bits per heavy atom. The lowest BCUT2D eigenvalue weighted by Gasteiger charge is -2.30. The summed E-state index contributed by atoms with van der Waals surface area (Å²) in [6.45, 7) is 11.2. The van der Waals surface area contributed by atoms with Crippen LogP contribution in [0.1, 0.15) is 47.5 Å². The molecule has 0 aromatic carbocycles. The number of nitrogens with one attached hydrogen (secondary N) is 1. The third-order valence-corrected chi connectivity index (χ3v) is 2.28. The predicted molar refractivity (Wildman–Crippen MR) is 54.6 cm³/mol. The predicted octanol–water partition coefficient (Wildman–Crippen LogP) is 2.30. The monoisotopic (exact) mass is 172 g/mol. The lowest BCUT2D eigenvalue weighted by molar-refractivity contribution is 0.245. The molecule has 0 aromatic rings. The average Bonchev–Trinajstić information content (AvgIpc) is 1.85.